The highest BCUT2D eigenvalue weighted by Gasteiger charge is 2.32. The molecule has 0 aromatic heterocycles. The fourth-order valence-corrected chi connectivity index (χ4v) is 0.607. The van der Waals surface area contributed by atoms with Crippen molar-refractivity contribution < 1.29 is 14.3 Å². The van der Waals surface area contributed by atoms with Gasteiger partial charge in [-0.25, -0.2) is 0 Å². The molecular formula is C6H7NO3. The minimum Gasteiger partial charge on any atom is -0.437 e. The van der Waals surface area contributed by atoms with Crippen LogP contribution >= 0.6 is 0 Å². The fraction of sp³-hybridized carbons (Fsp3) is 0.333. The summed E-state index contributed by atoms with van der Waals surface area (Å²) in [5.41, 5.74) is 0.301. The van der Waals surface area contributed by atoms with Crippen LogP contribution in [0, 0.1) is 0 Å². The molecule has 1 saturated heterocycles. The molecule has 1 aliphatic rings. The van der Waals surface area contributed by atoms with Crippen molar-refractivity contribution in [2.24, 2.45) is 0 Å². The SMILES string of the molecule is C=C1C(=O)NC1OC(C)=O. The summed E-state index contributed by atoms with van der Waals surface area (Å²) in [6.07, 6.45) is -0.593. The lowest BCUT2D eigenvalue weighted by molar-refractivity contribution is -0.151. The molecule has 0 spiro atoms. The number of esters is 1. The molecule has 0 aromatic carbocycles. The van der Waals surface area contributed by atoms with E-state index in [1.165, 1.54) is 6.92 Å². The molecule has 0 saturated carbocycles. The fourth-order valence-electron chi connectivity index (χ4n) is 0.607. The first kappa shape index (κ1) is 6.80. The number of hydrogen-bond donors (Lipinski definition) is 1. The van der Waals surface area contributed by atoms with Gasteiger partial charge in [0.2, 0.25) is 6.23 Å². The van der Waals surface area contributed by atoms with Crippen LogP contribution in [-0.2, 0) is 14.3 Å². The van der Waals surface area contributed by atoms with Gasteiger partial charge in [0, 0.05) is 6.92 Å². The highest BCUT2D eigenvalue weighted by Crippen LogP contribution is 2.11. The Labute approximate surface area is 57.9 Å². The topological polar surface area (TPSA) is 55.4 Å². The molecule has 54 valence electrons. The van der Waals surface area contributed by atoms with Crippen LogP contribution in [-0.4, -0.2) is 18.1 Å². The summed E-state index contributed by atoms with van der Waals surface area (Å²) in [4.78, 5) is 20.7. The third-order valence-corrected chi connectivity index (χ3v) is 1.15. The Hall–Kier alpha value is -1.32. The number of ether oxygens (including phenoxy) is 1. The van der Waals surface area contributed by atoms with Crippen molar-refractivity contribution in [1.29, 1.82) is 0 Å². The lowest BCUT2D eigenvalue weighted by Crippen LogP contribution is -2.53. The first-order valence-corrected chi connectivity index (χ1v) is 2.78. The molecule has 1 N–H and O–H groups in total. The first-order chi connectivity index (χ1) is 4.61. The second kappa shape index (κ2) is 2.13. The van der Waals surface area contributed by atoms with Crippen molar-refractivity contribution in [3.63, 3.8) is 0 Å². The van der Waals surface area contributed by atoms with E-state index in [2.05, 4.69) is 16.6 Å². The van der Waals surface area contributed by atoms with Crippen molar-refractivity contribution in [3.05, 3.63) is 12.2 Å². The van der Waals surface area contributed by atoms with Crippen LogP contribution in [0.4, 0.5) is 0 Å². The quantitative estimate of drug-likeness (QED) is 0.306. The molecule has 4 heteroatoms. The van der Waals surface area contributed by atoms with E-state index >= 15 is 0 Å². The number of nitrogens with one attached hydrogen (secondary N) is 1. The lowest BCUT2D eigenvalue weighted by atomic mass is 10.1. The monoisotopic (exact) mass is 141 g/mol. The largest absolute Gasteiger partial charge is 0.437 e. The Kier molecular flexibility index (Phi) is 1.45. The number of rotatable bonds is 1. The molecule has 4 nitrogen and oxygen atoms in total. The van der Waals surface area contributed by atoms with Gasteiger partial charge in [-0.15, -0.1) is 0 Å². The normalized spacial score (nSPS) is 23.1. The molecule has 1 amide bonds. The van der Waals surface area contributed by atoms with E-state index in [1.807, 2.05) is 0 Å². The minimum atomic E-state index is -0.593. The predicted molar refractivity (Wildman–Crippen MR) is 32.8 cm³/mol. The van der Waals surface area contributed by atoms with Crippen molar-refractivity contribution in [2.45, 2.75) is 13.2 Å². The van der Waals surface area contributed by atoms with Crippen molar-refractivity contribution in [2.75, 3.05) is 0 Å². The predicted octanol–water partition coefficient (Wildman–Crippen LogP) is -0.438. The Morgan fingerprint density at radius 2 is 2.40 bits per heavy atom. The lowest BCUT2D eigenvalue weighted by Gasteiger charge is -2.27. The number of hydrogen-bond acceptors (Lipinski definition) is 3. The van der Waals surface area contributed by atoms with E-state index in [-0.39, 0.29) is 5.91 Å². The maximum atomic E-state index is 10.4. The van der Waals surface area contributed by atoms with Gasteiger partial charge in [-0.2, -0.15) is 0 Å². The van der Waals surface area contributed by atoms with E-state index in [4.69, 9.17) is 0 Å². The number of carbonyl (C=O) groups is 2. The van der Waals surface area contributed by atoms with Gasteiger partial charge in [0.05, 0.1) is 5.57 Å². The molecule has 10 heavy (non-hydrogen) atoms. The van der Waals surface area contributed by atoms with E-state index in [0.29, 0.717) is 5.57 Å². The summed E-state index contributed by atoms with van der Waals surface area (Å²) in [5.74, 6) is -0.683. The van der Waals surface area contributed by atoms with Gasteiger partial charge in [-0.05, 0) is 0 Å². The first-order valence-electron chi connectivity index (χ1n) is 2.78. The third-order valence-electron chi connectivity index (χ3n) is 1.15. The molecule has 1 unspecified atom stereocenters. The molecule has 1 heterocycles. The Balaban J connectivity index is 2.41. The highest BCUT2D eigenvalue weighted by atomic mass is 16.6. The van der Waals surface area contributed by atoms with Crippen LogP contribution in [0.1, 0.15) is 6.92 Å². The standard InChI is InChI=1S/C6H7NO3/c1-3-5(9)7-6(3)10-4(2)8/h6H,1H2,2H3,(H,7,9). The Morgan fingerprint density at radius 3 is 2.70 bits per heavy atom. The molecule has 1 atom stereocenters. The van der Waals surface area contributed by atoms with Crippen LogP contribution in [0.15, 0.2) is 12.2 Å². The zero-order chi connectivity index (χ0) is 7.72. The van der Waals surface area contributed by atoms with Crippen LogP contribution in [0.5, 0.6) is 0 Å². The number of β-lactam (4-membered cyclic amide) rings is 1. The number of amides is 1. The van der Waals surface area contributed by atoms with Crippen LogP contribution in [0.25, 0.3) is 0 Å². The second-order valence-electron chi connectivity index (χ2n) is 1.99. The Morgan fingerprint density at radius 1 is 1.80 bits per heavy atom. The minimum absolute atomic E-state index is 0.258. The van der Waals surface area contributed by atoms with Crippen molar-refractivity contribution >= 4 is 11.9 Å². The van der Waals surface area contributed by atoms with Crippen LogP contribution in [0.2, 0.25) is 0 Å². The molecule has 1 rings (SSSR count). The average Bonchev–Trinajstić information content (AvgIpc) is 1.86. The zero-order valence-electron chi connectivity index (χ0n) is 5.51. The summed E-state index contributed by atoms with van der Waals surface area (Å²) >= 11 is 0. The van der Waals surface area contributed by atoms with Crippen LogP contribution < -0.4 is 5.32 Å². The summed E-state index contributed by atoms with van der Waals surface area (Å²) in [6.45, 7) is 4.66. The zero-order valence-corrected chi connectivity index (χ0v) is 5.51. The maximum absolute atomic E-state index is 10.4. The molecule has 0 radical (unpaired) electrons. The van der Waals surface area contributed by atoms with Crippen molar-refractivity contribution in [3.8, 4) is 0 Å². The molecular weight excluding hydrogens is 134 g/mol. The second-order valence-corrected chi connectivity index (χ2v) is 1.99. The molecule has 1 fully saturated rings. The van der Waals surface area contributed by atoms with Gasteiger partial charge in [-0.1, -0.05) is 6.58 Å². The molecule has 0 aromatic rings. The molecule has 1 aliphatic heterocycles. The summed E-state index contributed by atoms with van der Waals surface area (Å²) in [7, 11) is 0. The summed E-state index contributed by atoms with van der Waals surface area (Å²) in [6, 6.07) is 0. The Bertz CT molecular complexity index is 209. The van der Waals surface area contributed by atoms with Gasteiger partial charge in [0.15, 0.2) is 0 Å². The smallest absolute Gasteiger partial charge is 0.304 e. The number of carbonyl (C=O) groups excluding carboxylic acids is 2. The highest BCUT2D eigenvalue weighted by molar-refractivity contribution is 6.00. The molecule has 0 aliphatic carbocycles. The third kappa shape index (κ3) is 1.00. The summed E-state index contributed by atoms with van der Waals surface area (Å²) < 4.78 is 4.60. The van der Waals surface area contributed by atoms with Gasteiger partial charge >= 0.3 is 5.97 Å². The van der Waals surface area contributed by atoms with Gasteiger partial charge in [0.1, 0.15) is 0 Å². The van der Waals surface area contributed by atoms with Crippen molar-refractivity contribution in [1.82, 2.24) is 5.32 Å². The van der Waals surface area contributed by atoms with E-state index in [0.717, 1.165) is 0 Å². The summed E-state index contributed by atoms with van der Waals surface area (Å²) in [5, 5.41) is 2.34. The van der Waals surface area contributed by atoms with E-state index in [1.54, 1.807) is 0 Å². The molecule has 0 bridgehead atoms. The average molecular weight is 141 g/mol. The van der Waals surface area contributed by atoms with E-state index < -0.39 is 12.2 Å². The van der Waals surface area contributed by atoms with E-state index in [9.17, 15) is 9.59 Å². The van der Waals surface area contributed by atoms with Crippen LogP contribution in [0.3, 0.4) is 0 Å². The van der Waals surface area contributed by atoms with Gasteiger partial charge in [-0.3, -0.25) is 9.59 Å². The van der Waals surface area contributed by atoms with Gasteiger partial charge in [0.25, 0.3) is 5.91 Å². The van der Waals surface area contributed by atoms with Gasteiger partial charge < -0.3 is 10.1 Å². The maximum Gasteiger partial charge on any atom is 0.304 e.